The van der Waals surface area contributed by atoms with Crippen molar-refractivity contribution in [2.24, 2.45) is 23.2 Å². The number of fused-ring (bicyclic) bond motifs is 1. The Morgan fingerprint density at radius 2 is 2.04 bits per heavy atom. The number of ketones is 1. The molecule has 4 aliphatic carbocycles. The molecule has 1 N–H and O–H groups in total. The van der Waals surface area contributed by atoms with E-state index >= 15 is 8.78 Å². The maximum atomic E-state index is 16.9. The number of thioether (sulfide) groups is 1. The van der Waals surface area contributed by atoms with Crippen molar-refractivity contribution in [3.63, 3.8) is 0 Å². The van der Waals surface area contributed by atoms with E-state index in [2.05, 4.69) is 11.8 Å². The van der Waals surface area contributed by atoms with Gasteiger partial charge in [0.25, 0.3) is 5.95 Å². The molecule has 0 radical (unpaired) electrons. The van der Waals surface area contributed by atoms with E-state index < -0.39 is 57.8 Å². The van der Waals surface area contributed by atoms with Gasteiger partial charge in [-0.25, -0.2) is 13.6 Å². The fourth-order valence-electron chi connectivity index (χ4n) is 8.16. The number of rotatable bonds is 12. The lowest BCUT2D eigenvalue weighted by Crippen LogP contribution is -2.64. The van der Waals surface area contributed by atoms with Gasteiger partial charge in [-0.2, -0.15) is 0 Å². The SMILES string of the molecule is CC[C@@]1(F)C(O)CC2(C)C(C[C@@H](C)[C@]2(OC(=O)c2ccco2)C(=O)SCCC#CCOC(OC)=C2CC2)C1C[C@H](F)C1=CC(=O)C=CC1. The number of methoxy groups -OCH3 is 1. The number of halogens is 2. The lowest BCUT2D eigenvalue weighted by molar-refractivity contribution is -0.193. The Labute approximate surface area is 284 Å². The molecule has 1 aromatic heterocycles. The number of aliphatic hydroxyl groups excluding tert-OH is 1. The Hall–Kier alpha value is -3.36. The van der Waals surface area contributed by atoms with Crippen LogP contribution in [-0.2, 0) is 23.8 Å². The van der Waals surface area contributed by atoms with Crippen LogP contribution in [-0.4, -0.2) is 65.0 Å². The molecular formula is C37H44F2O8S. The second kappa shape index (κ2) is 14.6. The molecule has 0 amide bonds. The summed E-state index contributed by atoms with van der Waals surface area (Å²) in [5, 5.41) is 11.1. The largest absolute Gasteiger partial charge is 0.469 e. The van der Waals surface area contributed by atoms with E-state index in [-0.39, 0.29) is 61.6 Å². The summed E-state index contributed by atoms with van der Waals surface area (Å²) in [6.07, 6.45) is 4.54. The van der Waals surface area contributed by atoms with Gasteiger partial charge in [0.05, 0.1) is 19.5 Å². The van der Waals surface area contributed by atoms with Crippen LogP contribution in [0.25, 0.3) is 0 Å². The summed E-state index contributed by atoms with van der Waals surface area (Å²) in [5.41, 5.74) is -3.82. The minimum Gasteiger partial charge on any atom is -0.469 e. The fraction of sp³-hybridized carbons (Fsp3) is 0.595. The summed E-state index contributed by atoms with van der Waals surface area (Å²) >= 11 is 0.971. The first-order valence-electron chi connectivity index (χ1n) is 16.6. The van der Waals surface area contributed by atoms with Crippen LogP contribution in [0.15, 0.2) is 58.1 Å². The standard InChI is InChI=1S/C37H44F2O8S/c1-5-36(39)28(21-29(38)25-11-9-12-26(40)20-25)27-19-23(2)37(35(27,3)22-31(36)41,47-32(42)30-13-10-17-45-30)34(43)48-18-8-6-7-16-46-33(44-4)24-14-15-24/h9-10,12-13,17,20,23,27-29,31,41H,5,8,11,14-16,18-19,21-22H2,1-4H3/t23-,27?,28?,29+,31?,35?,36+,37+/m1/s1. The molecule has 1 aromatic rings. The predicted molar refractivity (Wildman–Crippen MR) is 176 cm³/mol. The average Bonchev–Trinajstić information content (AvgIpc) is 3.70. The van der Waals surface area contributed by atoms with Crippen molar-refractivity contribution < 1.29 is 46.9 Å². The molecule has 3 fully saturated rings. The third kappa shape index (κ3) is 6.75. The third-order valence-electron chi connectivity index (χ3n) is 10.7. The molecule has 3 saturated carbocycles. The fourth-order valence-corrected chi connectivity index (χ4v) is 9.24. The second-order valence-corrected chi connectivity index (χ2v) is 14.5. The van der Waals surface area contributed by atoms with Crippen LogP contribution in [0.3, 0.4) is 0 Å². The number of hydrogen-bond donors (Lipinski definition) is 1. The van der Waals surface area contributed by atoms with E-state index in [9.17, 15) is 19.5 Å². The number of carbonyl (C=O) groups excluding carboxylic acids is 3. The minimum absolute atomic E-state index is 0.0718. The Kier molecular flexibility index (Phi) is 11.0. The second-order valence-electron chi connectivity index (χ2n) is 13.4. The van der Waals surface area contributed by atoms with Gasteiger partial charge in [0, 0.05) is 35.0 Å². The first-order valence-corrected chi connectivity index (χ1v) is 17.6. The molecule has 4 aliphatic rings. The number of hydrogen-bond acceptors (Lipinski definition) is 9. The van der Waals surface area contributed by atoms with E-state index in [0.29, 0.717) is 12.4 Å². The molecule has 8 nitrogen and oxygen atoms in total. The van der Waals surface area contributed by atoms with E-state index in [1.165, 1.54) is 30.5 Å². The monoisotopic (exact) mass is 686 g/mol. The third-order valence-corrected chi connectivity index (χ3v) is 11.7. The predicted octanol–water partition coefficient (Wildman–Crippen LogP) is 6.84. The van der Waals surface area contributed by atoms with Gasteiger partial charge in [-0.1, -0.05) is 50.4 Å². The average molecular weight is 687 g/mol. The van der Waals surface area contributed by atoms with Gasteiger partial charge < -0.3 is 23.7 Å². The zero-order valence-corrected chi connectivity index (χ0v) is 28.7. The smallest absolute Gasteiger partial charge is 0.375 e. The van der Waals surface area contributed by atoms with E-state index in [0.717, 1.165) is 30.2 Å². The van der Waals surface area contributed by atoms with Crippen molar-refractivity contribution in [2.45, 2.75) is 95.7 Å². The van der Waals surface area contributed by atoms with Crippen LogP contribution in [0, 0.1) is 35.0 Å². The first kappa shape index (κ1) is 35.9. The Morgan fingerprint density at radius 1 is 1.27 bits per heavy atom. The van der Waals surface area contributed by atoms with Gasteiger partial charge >= 0.3 is 5.97 Å². The highest BCUT2D eigenvalue weighted by Gasteiger charge is 2.74. The molecule has 0 saturated heterocycles. The summed E-state index contributed by atoms with van der Waals surface area (Å²) in [4.78, 5) is 40.0. The van der Waals surface area contributed by atoms with Crippen LogP contribution in [0.5, 0.6) is 0 Å². The van der Waals surface area contributed by atoms with Gasteiger partial charge in [0.15, 0.2) is 18.0 Å². The van der Waals surface area contributed by atoms with Crippen molar-refractivity contribution in [3.05, 3.63) is 59.5 Å². The van der Waals surface area contributed by atoms with Crippen molar-refractivity contribution >= 4 is 28.6 Å². The van der Waals surface area contributed by atoms with Crippen LogP contribution in [0.1, 0.15) is 82.7 Å². The summed E-state index contributed by atoms with van der Waals surface area (Å²) in [5.74, 6) is 3.18. The number of allylic oxidation sites excluding steroid dienone is 5. The molecule has 4 unspecified atom stereocenters. The number of ether oxygens (including phenoxy) is 3. The lowest BCUT2D eigenvalue weighted by atomic mass is 9.53. The molecule has 8 atom stereocenters. The minimum atomic E-state index is -2.16. The Bertz CT molecular complexity index is 1530. The molecule has 48 heavy (non-hydrogen) atoms. The highest BCUT2D eigenvalue weighted by Crippen LogP contribution is 2.67. The Balaban J connectivity index is 1.41. The zero-order valence-electron chi connectivity index (χ0n) is 27.9. The summed E-state index contributed by atoms with van der Waals surface area (Å²) in [6.45, 7) is 5.29. The quantitative estimate of drug-likeness (QED) is 0.109. The van der Waals surface area contributed by atoms with Crippen molar-refractivity contribution in [2.75, 3.05) is 19.5 Å². The molecule has 0 aromatic carbocycles. The molecule has 5 rings (SSSR count). The van der Waals surface area contributed by atoms with Gasteiger partial charge in [-0.15, -0.1) is 0 Å². The zero-order chi connectivity index (χ0) is 34.7. The van der Waals surface area contributed by atoms with Crippen LogP contribution in [0.4, 0.5) is 8.78 Å². The van der Waals surface area contributed by atoms with Gasteiger partial charge in [0.2, 0.25) is 10.9 Å². The molecule has 260 valence electrons. The highest BCUT2D eigenvalue weighted by molar-refractivity contribution is 8.13. The van der Waals surface area contributed by atoms with Gasteiger partial charge in [0.1, 0.15) is 11.8 Å². The molecule has 11 heteroatoms. The van der Waals surface area contributed by atoms with Gasteiger partial charge in [-0.3, -0.25) is 9.59 Å². The van der Waals surface area contributed by atoms with Crippen molar-refractivity contribution in [1.82, 2.24) is 0 Å². The number of carbonyl (C=O) groups is 3. The molecular weight excluding hydrogens is 642 g/mol. The summed E-state index contributed by atoms with van der Waals surface area (Å²) in [7, 11) is 1.55. The number of esters is 1. The number of alkyl halides is 2. The van der Waals surface area contributed by atoms with Gasteiger partial charge in [-0.05, 0) is 80.7 Å². The topological polar surface area (TPSA) is 112 Å². The summed E-state index contributed by atoms with van der Waals surface area (Å²) < 4.78 is 55.2. The van der Waals surface area contributed by atoms with E-state index in [4.69, 9.17) is 18.6 Å². The molecule has 0 bridgehead atoms. The lowest BCUT2D eigenvalue weighted by Gasteiger charge is -2.56. The highest BCUT2D eigenvalue weighted by atomic mass is 32.2. The van der Waals surface area contributed by atoms with E-state index in [1.807, 2.05) is 0 Å². The number of aliphatic hydroxyl groups is 1. The molecule has 0 aliphatic heterocycles. The van der Waals surface area contributed by atoms with E-state index in [1.54, 1.807) is 34.0 Å². The molecule has 0 spiro atoms. The van der Waals surface area contributed by atoms with Crippen LogP contribution in [0.2, 0.25) is 0 Å². The molecule has 1 heterocycles. The first-order chi connectivity index (χ1) is 22.9. The normalized spacial score (nSPS) is 32.8. The van der Waals surface area contributed by atoms with Crippen molar-refractivity contribution in [3.8, 4) is 11.8 Å². The van der Waals surface area contributed by atoms with Crippen molar-refractivity contribution in [1.29, 1.82) is 0 Å². The maximum absolute atomic E-state index is 16.9. The van der Waals surface area contributed by atoms with Crippen LogP contribution < -0.4 is 0 Å². The maximum Gasteiger partial charge on any atom is 0.375 e. The Morgan fingerprint density at radius 3 is 2.69 bits per heavy atom. The number of furan rings is 1. The summed E-state index contributed by atoms with van der Waals surface area (Å²) in [6, 6.07) is 2.96. The van der Waals surface area contributed by atoms with Crippen LogP contribution >= 0.6 is 11.8 Å².